The maximum atomic E-state index is 4.26. The third-order valence-corrected chi connectivity index (χ3v) is 2.87. The van der Waals surface area contributed by atoms with E-state index >= 15 is 0 Å². The van der Waals surface area contributed by atoms with Gasteiger partial charge < -0.3 is 4.90 Å². The third kappa shape index (κ3) is 3.40. The lowest BCUT2D eigenvalue weighted by Gasteiger charge is -2.18. The fourth-order valence-electron chi connectivity index (χ4n) is 1.29. The SMILES string of the molecule is CCCCCN(C)c1ncncc1I. The van der Waals surface area contributed by atoms with Crippen LogP contribution in [0.4, 0.5) is 5.82 Å². The van der Waals surface area contributed by atoms with Crippen LogP contribution in [0.15, 0.2) is 12.5 Å². The highest BCUT2D eigenvalue weighted by Gasteiger charge is 2.05. The van der Waals surface area contributed by atoms with E-state index in [9.17, 15) is 0 Å². The van der Waals surface area contributed by atoms with Crippen molar-refractivity contribution >= 4 is 28.4 Å². The van der Waals surface area contributed by atoms with Crippen LogP contribution in [0.2, 0.25) is 0 Å². The van der Waals surface area contributed by atoms with Gasteiger partial charge >= 0.3 is 0 Å². The van der Waals surface area contributed by atoms with Gasteiger partial charge in [0.15, 0.2) is 0 Å². The summed E-state index contributed by atoms with van der Waals surface area (Å²) in [4.78, 5) is 10.4. The Morgan fingerprint density at radius 3 is 2.86 bits per heavy atom. The Balaban J connectivity index is 2.51. The smallest absolute Gasteiger partial charge is 0.145 e. The standard InChI is InChI=1S/C10H16IN3/c1-3-4-5-6-14(2)10-9(11)7-12-8-13-10/h7-8H,3-6H2,1-2H3. The number of aromatic nitrogens is 2. The molecule has 1 rings (SSSR count). The van der Waals surface area contributed by atoms with Gasteiger partial charge in [0.2, 0.25) is 0 Å². The molecule has 1 aromatic rings. The Hall–Kier alpha value is -0.390. The van der Waals surface area contributed by atoms with Crippen molar-refractivity contribution in [2.24, 2.45) is 0 Å². The molecule has 0 unspecified atom stereocenters. The predicted molar refractivity (Wildman–Crippen MR) is 67.5 cm³/mol. The van der Waals surface area contributed by atoms with Gasteiger partial charge in [0.1, 0.15) is 12.1 Å². The minimum atomic E-state index is 1.04. The van der Waals surface area contributed by atoms with Gasteiger partial charge in [0.25, 0.3) is 0 Å². The molecule has 0 saturated heterocycles. The van der Waals surface area contributed by atoms with Crippen LogP contribution >= 0.6 is 22.6 Å². The molecule has 1 heterocycles. The lowest BCUT2D eigenvalue weighted by atomic mass is 10.2. The van der Waals surface area contributed by atoms with Gasteiger partial charge in [0, 0.05) is 19.8 Å². The molecular weight excluding hydrogens is 289 g/mol. The number of unbranched alkanes of at least 4 members (excludes halogenated alkanes) is 2. The minimum Gasteiger partial charge on any atom is -0.359 e. The molecule has 0 spiro atoms. The molecule has 0 N–H and O–H groups in total. The molecule has 0 fully saturated rings. The van der Waals surface area contributed by atoms with Crippen molar-refractivity contribution in [3.63, 3.8) is 0 Å². The normalized spacial score (nSPS) is 10.2. The van der Waals surface area contributed by atoms with Gasteiger partial charge in [-0.05, 0) is 29.0 Å². The second-order valence-electron chi connectivity index (χ2n) is 3.32. The van der Waals surface area contributed by atoms with Crippen molar-refractivity contribution in [3.05, 3.63) is 16.1 Å². The first-order chi connectivity index (χ1) is 6.75. The van der Waals surface area contributed by atoms with Gasteiger partial charge in [-0.3, -0.25) is 0 Å². The highest BCUT2D eigenvalue weighted by molar-refractivity contribution is 14.1. The van der Waals surface area contributed by atoms with Crippen LogP contribution in [0.5, 0.6) is 0 Å². The highest BCUT2D eigenvalue weighted by atomic mass is 127. The molecule has 0 aliphatic heterocycles. The van der Waals surface area contributed by atoms with Crippen LogP contribution in [0.1, 0.15) is 26.2 Å². The van der Waals surface area contributed by atoms with E-state index in [-0.39, 0.29) is 0 Å². The lowest BCUT2D eigenvalue weighted by Crippen LogP contribution is -2.20. The molecule has 3 nitrogen and oxygen atoms in total. The zero-order valence-corrected chi connectivity index (χ0v) is 10.9. The first-order valence-electron chi connectivity index (χ1n) is 4.92. The Bertz CT molecular complexity index is 278. The van der Waals surface area contributed by atoms with Gasteiger partial charge in [-0.2, -0.15) is 0 Å². The summed E-state index contributed by atoms with van der Waals surface area (Å²) in [5.74, 6) is 1.04. The van der Waals surface area contributed by atoms with Crippen LogP contribution in [0.3, 0.4) is 0 Å². The first kappa shape index (κ1) is 11.7. The quantitative estimate of drug-likeness (QED) is 0.619. The zero-order chi connectivity index (χ0) is 10.4. The Labute approximate surface area is 99.1 Å². The number of rotatable bonds is 5. The van der Waals surface area contributed by atoms with Crippen molar-refractivity contribution < 1.29 is 0 Å². The van der Waals surface area contributed by atoms with E-state index in [1.54, 1.807) is 6.33 Å². The van der Waals surface area contributed by atoms with E-state index in [0.717, 1.165) is 15.9 Å². The van der Waals surface area contributed by atoms with Crippen LogP contribution < -0.4 is 4.90 Å². The van der Waals surface area contributed by atoms with E-state index in [4.69, 9.17) is 0 Å². The zero-order valence-electron chi connectivity index (χ0n) is 8.70. The predicted octanol–water partition coefficient (Wildman–Crippen LogP) is 2.71. The average Bonchev–Trinajstić information content (AvgIpc) is 2.18. The largest absolute Gasteiger partial charge is 0.359 e. The van der Waals surface area contributed by atoms with Crippen LogP contribution in [-0.4, -0.2) is 23.6 Å². The van der Waals surface area contributed by atoms with E-state index in [0.29, 0.717) is 0 Å². The van der Waals surface area contributed by atoms with Gasteiger partial charge in [-0.15, -0.1) is 0 Å². The van der Waals surface area contributed by atoms with Crippen molar-refractivity contribution in [1.29, 1.82) is 0 Å². The van der Waals surface area contributed by atoms with Crippen molar-refractivity contribution in [2.45, 2.75) is 26.2 Å². The van der Waals surface area contributed by atoms with Gasteiger partial charge in [0.05, 0.1) is 3.57 Å². The second-order valence-corrected chi connectivity index (χ2v) is 4.49. The van der Waals surface area contributed by atoms with Gasteiger partial charge in [-0.1, -0.05) is 19.8 Å². The van der Waals surface area contributed by atoms with Gasteiger partial charge in [-0.25, -0.2) is 9.97 Å². The molecule has 1 aromatic heterocycles. The molecule has 0 aliphatic carbocycles. The molecule has 0 amide bonds. The second kappa shape index (κ2) is 6.16. The van der Waals surface area contributed by atoms with Crippen molar-refractivity contribution in [3.8, 4) is 0 Å². The molecule has 0 bridgehead atoms. The number of nitrogens with zero attached hydrogens (tertiary/aromatic N) is 3. The molecule has 0 saturated carbocycles. The molecule has 14 heavy (non-hydrogen) atoms. The van der Waals surface area contributed by atoms with E-state index in [1.165, 1.54) is 19.3 Å². The van der Waals surface area contributed by atoms with Crippen molar-refractivity contribution in [1.82, 2.24) is 9.97 Å². The molecule has 78 valence electrons. The summed E-state index contributed by atoms with van der Waals surface area (Å²) in [6.45, 7) is 3.29. The number of anilines is 1. The molecular formula is C10H16IN3. The van der Waals surface area contributed by atoms with Crippen LogP contribution in [-0.2, 0) is 0 Å². The Morgan fingerprint density at radius 1 is 1.43 bits per heavy atom. The summed E-state index contributed by atoms with van der Waals surface area (Å²) >= 11 is 2.27. The number of hydrogen-bond donors (Lipinski definition) is 0. The molecule has 0 aromatic carbocycles. The molecule has 0 radical (unpaired) electrons. The van der Waals surface area contributed by atoms with E-state index < -0.39 is 0 Å². The van der Waals surface area contributed by atoms with Crippen LogP contribution in [0.25, 0.3) is 0 Å². The first-order valence-corrected chi connectivity index (χ1v) is 6.00. The Kier molecular flexibility index (Phi) is 5.14. The summed E-state index contributed by atoms with van der Waals surface area (Å²) in [6.07, 6.45) is 7.22. The number of hydrogen-bond acceptors (Lipinski definition) is 3. The summed E-state index contributed by atoms with van der Waals surface area (Å²) in [5, 5.41) is 0. The fourth-order valence-corrected chi connectivity index (χ4v) is 2.00. The Morgan fingerprint density at radius 2 is 2.21 bits per heavy atom. The maximum Gasteiger partial charge on any atom is 0.145 e. The molecule has 0 aliphatic rings. The van der Waals surface area contributed by atoms with Crippen LogP contribution in [0, 0.1) is 3.57 Å². The summed E-state index contributed by atoms with van der Waals surface area (Å²) in [5.41, 5.74) is 0. The number of halogens is 1. The highest BCUT2D eigenvalue weighted by Crippen LogP contribution is 2.16. The minimum absolute atomic E-state index is 1.04. The van der Waals surface area contributed by atoms with Crippen molar-refractivity contribution in [2.75, 3.05) is 18.5 Å². The monoisotopic (exact) mass is 305 g/mol. The summed E-state index contributed by atoms with van der Waals surface area (Å²) < 4.78 is 1.11. The van der Waals surface area contributed by atoms with E-state index in [2.05, 4.69) is 51.4 Å². The van der Waals surface area contributed by atoms with E-state index in [1.807, 2.05) is 6.20 Å². The fraction of sp³-hybridized carbons (Fsp3) is 0.600. The average molecular weight is 305 g/mol. The maximum absolute atomic E-state index is 4.26. The molecule has 0 atom stereocenters. The summed E-state index contributed by atoms with van der Waals surface area (Å²) in [6, 6.07) is 0. The lowest BCUT2D eigenvalue weighted by molar-refractivity contribution is 0.700. The summed E-state index contributed by atoms with van der Waals surface area (Å²) in [7, 11) is 2.08. The molecule has 4 heteroatoms. The third-order valence-electron chi connectivity index (χ3n) is 2.11. The topological polar surface area (TPSA) is 29.0 Å².